The van der Waals surface area contributed by atoms with Crippen molar-refractivity contribution < 1.29 is 4.21 Å². The molecule has 0 aliphatic carbocycles. The van der Waals surface area contributed by atoms with Gasteiger partial charge in [-0.15, -0.1) is 32.9 Å². The number of anilines is 1. The van der Waals surface area contributed by atoms with Gasteiger partial charge in [-0.05, 0) is 12.5 Å². The first kappa shape index (κ1) is 18.2. The van der Waals surface area contributed by atoms with E-state index in [0.29, 0.717) is 21.5 Å². The molecule has 0 aromatic carbocycles. The molecule has 0 aliphatic rings. The molecule has 0 saturated heterocycles. The third kappa shape index (κ3) is 3.28. The highest BCUT2D eigenvalue weighted by Crippen LogP contribution is 2.42. The SMILES string of the molecule is CCCC[S@@](=O)c1sc2nc(-c3nccs3)cc(-c3nncn3C)c2c1N. The second-order valence-electron chi connectivity index (χ2n) is 6.04. The number of rotatable bonds is 6. The van der Waals surface area contributed by atoms with E-state index in [-0.39, 0.29) is 0 Å². The molecule has 10 heteroatoms. The number of hydrogen-bond donors (Lipinski definition) is 1. The third-order valence-corrected chi connectivity index (χ3v) is 7.95. The number of aryl methyl sites for hydroxylation is 1. The number of thiophene rings is 1. The summed E-state index contributed by atoms with van der Waals surface area (Å²) in [5, 5.41) is 11.8. The number of aromatic nitrogens is 5. The van der Waals surface area contributed by atoms with Gasteiger partial charge in [0.1, 0.15) is 26.1 Å². The zero-order valence-corrected chi connectivity index (χ0v) is 17.3. The molecule has 2 N–H and O–H groups in total. The molecule has 27 heavy (non-hydrogen) atoms. The Kier molecular flexibility index (Phi) is 5.02. The van der Waals surface area contributed by atoms with E-state index in [4.69, 9.17) is 10.7 Å². The Balaban J connectivity index is 1.96. The lowest BCUT2D eigenvalue weighted by molar-refractivity contribution is 0.681. The van der Waals surface area contributed by atoms with Gasteiger partial charge in [-0.2, -0.15) is 0 Å². The first-order valence-corrected chi connectivity index (χ1v) is 11.5. The van der Waals surface area contributed by atoms with Crippen LogP contribution in [-0.2, 0) is 17.8 Å². The third-order valence-electron chi connectivity index (χ3n) is 4.16. The molecule has 140 valence electrons. The van der Waals surface area contributed by atoms with Crippen molar-refractivity contribution in [1.82, 2.24) is 24.7 Å². The number of pyridine rings is 1. The maximum Gasteiger partial charge on any atom is 0.164 e. The fourth-order valence-corrected chi connectivity index (χ4v) is 6.19. The van der Waals surface area contributed by atoms with Crippen LogP contribution in [0.4, 0.5) is 5.69 Å². The predicted octanol–water partition coefficient (Wildman–Crippen LogP) is 3.71. The number of thiazole rings is 1. The van der Waals surface area contributed by atoms with Crippen LogP contribution < -0.4 is 5.73 Å². The van der Waals surface area contributed by atoms with Crippen molar-refractivity contribution in [3.8, 4) is 22.1 Å². The second-order valence-corrected chi connectivity index (χ2v) is 9.70. The first-order valence-electron chi connectivity index (χ1n) is 8.45. The standard InChI is InChI=1S/C17H18N6OS3/c1-3-4-7-27(24)17-13(18)12-10(14-22-20-9-23(14)2)8-11(21-16(12)26-17)15-19-5-6-25-15/h5-6,8-9H,3-4,7,18H2,1-2H3/t27-/m1/s1. The molecule has 0 unspecified atom stereocenters. The van der Waals surface area contributed by atoms with E-state index in [1.807, 2.05) is 23.1 Å². The number of nitrogens with zero attached hydrogens (tertiary/aromatic N) is 5. The van der Waals surface area contributed by atoms with Crippen molar-refractivity contribution in [2.75, 3.05) is 11.5 Å². The van der Waals surface area contributed by atoms with Gasteiger partial charge in [-0.1, -0.05) is 13.3 Å². The van der Waals surface area contributed by atoms with E-state index < -0.39 is 10.8 Å². The molecule has 4 rings (SSSR count). The number of unbranched alkanes of at least 4 members (excludes halogenated alkanes) is 1. The van der Waals surface area contributed by atoms with Crippen molar-refractivity contribution >= 4 is 49.4 Å². The zero-order valence-electron chi connectivity index (χ0n) is 14.9. The van der Waals surface area contributed by atoms with E-state index in [1.54, 1.807) is 12.5 Å². The molecule has 0 radical (unpaired) electrons. The van der Waals surface area contributed by atoms with Gasteiger partial charge >= 0.3 is 0 Å². The summed E-state index contributed by atoms with van der Waals surface area (Å²) in [6.07, 6.45) is 5.29. The summed E-state index contributed by atoms with van der Waals surface area (Å²) < 4.78 is 15.3. The monoisotopic (exact) mass is 418 g/mol. The second kappa shape index (κ2) is 7.45. The molecule has 0 fully saturated rings. The maximum atomic E-state index is 12.7. The topological polar surface area (TPSA) is 99.6 Å². The zero-order chi connectivity index (χ0) is 19.0. The van der Waals surface area contributed by atoms with E-state index in [9.17, 15) is 4.21 Å². The van der Waals surface area contributed by atoms with Crippen molar-refractivity contribution in [2.45, 2.75) is 24.0 Å². The Labute approximate surface area is 166 Å². The van der Waals surface area contributed by atoms with Crippen molar-refractivity contribution in [3.63, 3.8) is 0 Å². The molecular weight excluding hydrogens is 400 g/mol. The van der Waals surface area contributed by atoms with Crippen LogP contribution in [0.15, 0.2) is 28.2 Å². The summed E-state index contributed by atoms with van der Waals surface area (Å²) in [5.74, 6) is 1.29. The lowest BCUT2D eigenvalue weighted by Crippen LogP contribution is -1.99. The van der Waals surface area contributed by atoms with Gasteiger partial charge in [-0.25, -0.2) is 9.97 Å². The molecule has 0 bridgehead atoms. The largest absolute Gasteiger partial charge is 0.396 e. The van der Waals surface area contributed by atoms with Crippen LogP contribution in [0.3, 0.4) is 0 Å². The molecule has 4 aromatic rings. The van der Waals surface area contributed by atoms with Crippen LogP contribution in [0.2, 0.25) is 0 Å². The van der Waals surface area contributed by atoms with E-state index in [2.05, 4.69) is 22.1 Å². The number of nitrogens with two attached hydrogens (primary N) is 1. The van der Waals surface area contributed by atoms with Crippen LogP contribution in [0, 0.1) is 0 Å². The van der Waals surface area contributed by atoms with Gasteiger partial charge in [-0.3, -0.25) is 4.21 Å². The Morgan fingerprint density at radius 1 is 1.37 bits per heavy atom. The normalized spacial score (nSPS) is 12.7. The summed E-state index contributed by atoms with van der Waals surface area (Å²) in [5.41, 5.74) is 8.56. The Morgan fingerprint density at radius 3 is 2.89 bits per heavy atom. The van der Waals surface area contributed by atoms with Gasteiger partial charge in [0.15, 0.2) is 5.82 Å². The van der Waals surface area contributed by atoms with Gasteiger partial charge in [0.2, 0.25) is 0 Å². The maximum absolute atomic E-state index is 12.7. The molecule has 7 nitrogen and oxygen atoms in total. The smallest absolute Gasteiger partial charge is 0.164 e. The molecule has 4 aromatic heterocycles. The van der Waals surface area contributed by atoms with Gasteiger partial charge in [0, 0.05) is 35.3 Å². The van der Waals surface area contributed by atoms with Gasteiger partial charge < -0.3 is 10.3 Å². The van der Waals surface area contributed by atoms with Crippen LogP contribution >= 0.6 is 22.7 Å². The number of hydrogen-bond acceptors (Lipinski definition) is 8. The average Bonchev–Trinajstić information content (AvgIpc) is 3.39. The van der Waals surface area contributed by atoms with Crippen LogP contribution in [-0.4, -0.2) is 34.7 Å². The molecule has 1 atom stereocenters. The fourth-order valence-electron chi connectivity index (χ4n) is 2.80. The summed E-state index contributed by atoms with van der Waals surface area (Å²) >= 11 is 2.91. The summed E-state index contributed by atoms with van der Waals surface area (Å²) in [6.45, 7) is 2.08. The molecule has 0 spiro atoms. The molecular formula is C17H18N6OS3. The van der Waals surface area contributed by atoms with Crippen LogP contribution in [0.25, 0.3) is 32.3 Å². The lowest BCUT2D eigenvalue weighted by atomic mass is 10.1. The van der Waals surface area contributed by atoms with Gasteiger partial charge in [0.05, 0.1) is 16.5 Å². The Bertz CT molecular complexity index is 1120. The van der Waals surface area contributed by atoms with E-state index >= 15 is 0 Å². The van der Waals surface area contributed by atoms with Crippen LogP contribution in [0.1, 0.15) is 19.8 Å². The lowest BCUT2D eigenvalue weighted by Gasteiger charge is -2.06. The van der Waals surface area contributed by atoms with E-state index in [0.717, 1.165) is 39.3 Å². The molecule has 0 saturated carbocycles. The highest BCUT2D eigenvalue weighted by molar-refractivity contribution is 7.87. The summed E-state index contributed by atoms with van der Waals surface area (Å²) in [6, 6.07) is 1.94. The fraction of sp³-hybridized carbons (Fsp3) is 0.294. The molecule has 0 amide bonds. The highest BCUT2D eigenvalue weighted by atomic mass is 32.2. The number of nitrogen functional groups attached to an aromatic ring is 1. The van der Waals surface area contributed by atoms with E-state index in [1.165, 1.54) is 22.7 Å². The minimum atomic E-state index is -1.13. The molecule has 4 heterocycles. The van der Waals surface area contributed by atoms with Gasteiger partial charge in [0.25, 0.3) is 0 Å². The van der Waals surface area contributed by atoms with Crippen molar-refractivity contribution in [3.05, 3.63) is 24.0 Å². The Hall–Kier alpha value is -2.17. The predicted molar refractivity (Wildman–Crippen MR) is 111 cm³/mol. The summed E-state index contributed by atoms with van der Waals surface area (Å²) in [4.78, 5) is 9.87. The van der Waals surface area contributed by atoms with Crippen molar-refractivity contribution in [1.29, 1.82) is 0 Å². The highest BCUT2D eigenvalue weighted by Gasteiger charge is 2.22. The van der Waals surface area contributed by atoms with Crippen LogP contribution in [0.5, 0.6) is 0 Å². The average molecular weight is 419 g/mol. The Morgan fingerprint density at radius 2 is 2.22 bits per heavy atom. The quantitative estimate of drug-likeness (QED) is 0.512. The molecule has 0 aliphatic heterocycles. The minimum absolute atomic E-state index is 0.528. The summed E-state index contributed by atoms with van der Waals surface area (Å²) in [7, 11) is 0.749. The minimum Gasteiger partial charge on any atom is -0.396 e. The number of fused-ring (bicyclic) bond motifs is 1. The first-order chi connectivity index (χ1) is 13.1. The van der Waals surface area contributed by atoms with Crippen molar-refractivity contribution in [2.24, 2.45) is 7.05 Å².